The second kappa shape index (κ2) is 11.0. The molecule has 4 unspecified atom stereocenters. The first-order chi connectivity index (χ1) is 12.3. The first kappa shape index (κ1) is 22.2. The Morgan fingerprint density at radius 2 is 1.81 bits per heavy atom. The second-order valence-electron chi connectivity index (χ2n) is 6.29. The number of carbonyl (C=O) groups is 4. The van der Waals surface area contributed by atoms with Crippen molar-refractivity contribution in [1.29, 1.82) is 0 Å². The number of carboxylic acid groups (broad SMARTS) is 1. The van der Waals surface area contributed by atoms with Crippen LogP contribution in [-0.4, -0.2) is 71.5 Å². The van der Waals surface area contributed by atoms with Crippen LogP contribution >= 0.6 is 11.8 Å². The molecule has 10 heteroatoms. The lowest BCUT2D eigenvalue weighted by atomic mass is 10.1. The van der Waals surface area contributed by atoms with Gasteiger partial charge in [0, 0.05) is 0 Å². The predicted octanol–water partition coefficient (Wildman–Crippen LogP) is -0.930. The van der Waals surface area contributed by atoms with Crippen LogP contribution in [0, 0.1) is 0 Å². The zero-order valence-electron chi connectivity index (χ0n) is 15.3. The van der Waals surface area contributed by atoms with E-state index >= 15 is 0 Å². The summed E-state index contributed by atoms with van der Waals surface area (Å²) in [6.45, 7) is 3.67. The van der Waals surface area contributed by atoms with Gasteiger partial charge in [-0.25, -0.2) is 0 Å². The Morgan fingerprint density at radius 1 is 1.12 bits per heavy atom. The lowest BCUT2D eigenvalue weighted by molar-refractivity contribution is -0.141. The molecule has 0 aromatic carbocycles. The fourth-order valence-electron chi connectivity index (χ4n) is 2.46. The summed E-state index contributed by atoms with van der Waals surface area (Å²) in [5, 5.41) is 19.5. The van der Waals surface area contributed by atoms with Crippen molar-refractivity contribution in [2.45, 2.75) is 57.3 Å². The number of nitrogens with one attached hydrogen (secondary N) is 4. The maximum absolute atomic E-state index is 12.3. The van der Waals surface area contributed by atoms with Gasteiger partial charge in [-0.2, -0.15) is 11.8 Å². The Bertz CT molecular complexity index is 525. The monoisotopic (exact) mass is 388 g/mol. The number of hydrogen-bond acceptors (Lipinski definition) is 6. The Hall–Kier alpha value is -1.81. The predicted molar refractivity (Wildman–Crippen MR) is 98.8 cm³/mol. The smallest absolute Gasteiger partial charge is 0.325 e. The topological polar surface area (TPSA) is 137 Å². The number of hydrogen-bond donors (Lipinski definition) is 5. The van der Waals surface area contributed by atoms with Crippen LogP contribution in [0.4, 0.5) is 0 Å². The number of rotatable bonds is 10. The summed E-state index contributed by atoms with van der Waals surface area (Å²) in [6.07, 6.45) is 3.87. The maximum Gasteiger partial charge on any atom is 0.325 e. The Balaban J connectivity index is 2.60. The number of thioether (sulfide) groups is 1. The third-order valence-electron chi connectivity index (χ3n) is 4.10. The van der Waals surface area contributed by atoms with E-state index < -0.39 is 35.9 Å². The molecule has 0 aromatic heterocycles. The van der Waals surface area contributed by atoms with Gasteiger partial charge in [0.15, 0.2) is 0 Å². The third-order valence-corrected chi connectivity index (χ3v) is 4.75. The number of carbonyl (C=O) groups excluding carboxylic acids is 3. The summed E-state index contributed by atoms with van der Waals surface area (Å²) in [5.41, 5.74) is 0. The fraction of sp³-hybridized carbons (Fsp3) is 0.750. The number of amides is 3. The first-order valence-electron chi connectivity index (χ1n) is 8.62. The molecule has 0 aliphatic carbocycles. The number of carboxylic acids is 1. The van der Waals surface area contributed by atoms with Crippen molar-refractivity contribution in [3.05, 3.63) is 0 Å². The molecular formula is C16H28N4O5S. The van der Waals surface area contributed by atoms with Crippen LogP contribution in [0.15, 0.2) is 0 Å². The Labute approximate surface area is 157 Å². The molecule has 9 nitrogen and oxygen atoms in total. The van der Waals surface area contributed by atoms with Gasteiger partial charge in [-0.05, 0) is 51.7 Å². The summed E-state index contributed by atoms with van der Waals surface area (Å²) >= 11 is 1.51. The Morgan fingerprint density at radius 3 is 2.35 bits per heavy atom. The van der Waals surface area contributed by atoms with E-state index in [2.05, 4.69) is 21.3 Å². The van der Waals surface area contributed by atoms with Crippen molar-refractivity contribution >= 4 is 35.5 Å². The highest BCUT2D eigenvalue weighted by atomic mass is 32.2. The lowest BCUT2D eigenvalue weighted by Crippen LogP contribution is -2.56. The average molecular weight is 388 g/mol. The number of aliphatic carboxylic acids is 1. The van der Waals surface area contributed by atoms with Gasteiger partial charge in [-0.1, -0.05) is 0 Å². The van der Waals surface area contributed by atoms with E-state index in [1.54, 1.807) is 6.92 Å². The highest BCUT2D eigenvalue weighted by Crippen LogP contribution is 2.06. The molecule has 26 heavy (non-hydrogen) atoms. The van der Waals surface area contributed by atoms with Crippen molar-refractivity contribution in [2.24, 2.45) is 0 Å². The summed E-state index contributed by atoms with van der Waals surface area (Å²) in [4.78, 5) is 47.6. The van der Waals surface area contributed by atoms with Crippen molar-refractivity contribution in [3.63, 3.8) is 0 Å². The van der Waals surface area contributed by atoms with Crippen LogP contribution in [0.5, 0.6) is 0 Å². The third kappa shape index (κ3) is 7.20. The first-order valence-corrected chi connectivity index (χ1v) is 10.0. The minimum Gasteiger partial charge on any atom is -0.480 e. The molecule has 0 spiro atoms. The lowest BCUT2D eigenvalue weighted by Gasteiger charge is -2.22. The van der Waals surface area contributed by atoms with E-state index in [0.29, 0.717) is 12.2 Å². The van der Waals surface area contributed by atoms with Crippen molar-refractivity contribution in [3.8, 4) is 0 Å². The van der Waals surface area contributed by atoms with E-state index in [-0.39, 0.29) is 11.9 Å². The summed E-state index contributed by atoms with van der Waals surface area (Å²) in [7, 11) is 0. The zero-order chi connectivity index (χ0) is 19.7. The van der Waals surface area contributed by atoms with Gasteiger partial charge in [0.25, 0.3) is 0 Å². The van der Waals surface area contributed by atoms with Gasteiger partial charge in [-0.15, -0.1) is 0 Å². The van der Waals surface area contributed by atoms with E-state index in [1.165, 1.54) is 18.7 Å². The van der Waals surface area contributed by atoms with Crippen LogP contribution in [-0.2, 0) is 19.2 Å². The van der Waals surface area contributed by atoms with E-state index in [9.17, 15) is 19.2 Å². The van der Waals surface area contributed by atoms with Crippen LogP contribution in [0.3, 0.4) is 0 Å². The van der Waals surface area contributed by atoms with Gasteiger partial charge in [0.1, 0.15) is 18.1 Å². The maximum atomic E-state index is 12.3. The second-order valence-corrected chi connectivity index (χ2v) is 7.28. The van der Waals surface area contributed by atoms with Crippen LogP contribution in [0.2, 0.25) is 0 Å². The SMILES string of the molecule is CSCCC(NC(=O)C(C)NC(=O)C1CCCN1)C(=O)NC(C)C(=O)O. The molecule has 5 N–H and O–H groups in total. The minimum absolute atomic E-state index is 0.241. The molecule has 0 bridgehead atoms. The van der Waals surface area contributed by atoms with Crippen molar-refractivity contribution < 1.29 is 24.3 Å². The molecule has 1 rings (SSSR count). The minimum atomic E-state index is -1.15. The molecule has 0 radical (unpaired) electrons. The molecule has 1 fully saturated rings. The molecule has 1 aliphatic rings. The van der Waals surface area contributed by atoms with E-state index in [4.69, 9.17) is 5.11 Å². The molecule has 1 heterocycles. The molecule has 0 saturated carbocycles. The molecule has 3 amide bonds. The molecular weight excluding hydrogens is 360 g/mol. The average Bonchev–Trinajstić information content (AvgIpc) is 3.12. The van der Waals surface area contributed by atoms with Crippen molar-refractivity contribution in [1.82, 2.24) is 21.3 Å². The quantitative estimate of drug-likeness (QED) is 0.326. The van der Waals surface area contributed by atoms with Gasteiger partial charge < -0.3 is 26.4 Å². The van der Waals surface area contributed by atoms with Gasteiger partial charge in [0.2, 0.25) is 17.7 Å². The van der Waals surface area contributed by atoms with Crippen LogP contribution < -0.4 is 21.3 Å². The van der Waals surface area contributed by atoms with E-state index in [0.717, 1.165) is 19.4 Å². The van der Waals surface area contributed by atoms with E-state index in [1.807, 2.05) is 6.26 Å². The fourth-order valence-corrected chi connectivity index (χ4v) is 2.94. The highest BCUT2D eigenvalue weighted by molar-refractivity contribution is 7.98. The molecule has 148 valence electrons. The normalized spacial score (nSPS) is 19.9. The van der Waals surface area contributed by atoms with Crippen LogP contribution in [0.1, 0.15) is 33.1 Å². The Kier molecular flexibility index (Phi) is 9.42. The van der Waals surface area contributed by atoms with Gasteiger partial charge in [-0.3, -0.25) is 19.2 Å². The largest absolute Gasteiger partial charge is 0.480 e. The molecule has 4 atom stereocenters. The zero-order valence-corrected chi connectivity index (χ0v) is 16.1. The standard InChI is InChI=1S/C16H28N4O5S/c1-9(18-14(22)11-5-4-7-17-11)13(21)20-12(6-8-26-3)15(23)19-10(2)16(24)25/h9-12,17H,4-8H2,1-3H3,(H,18,22)(H,19,23)(H,20,21)(H,24,25). The van der Waals surface area contributed by atoms with Crippen LogP contribution in [0.25, 0.3) is 0 Å². The summed E-state index contributed by atoms with van der Waals surface area (Å²) in [5.74, 6) is -1.82. The van der Waals surface area contributed by atoms with Crippen molar-refractivity contribution in [2.75, 3.05) is 18.6 Å². The van der Waals surface area contributed by atoms with Gasteiger partial charge in [0.05, 0.1) is 6.04 Å². The summed E-state index contributed by atoms with van der Waals surface area (Å²) < 4.78 is 0. The summed E-state index contributed by atoms with van der Waals surface area (Å²) in [6, 6.07) is -3.01. The highest BCUT2D eigenvalue weighted by Gasteiger charge is 2.28. The molecule has 0 aromatic rings. The van der Waals surface area contributed by atoms with Gasteiger partial charge >= 0.3 is 5.97 Å². The molecule has 1 saturated heterocycles. The molecule has 1 aliphatic heterocycles.